The Morgan fingerprint density at radius 3 is 2.93 bits per heavy atom. The molecular weight excluding hydrogens is 194 g/mol. The first-order chi connectivity index (χ1) is 7.19. The van der Waals surface area contributed by atoms with Gasteiger partial charge in [0.15, 0.2) is 0 Å². The van der Waals surface area contributed by atoms with Crippen LogP contribution in [0.15, 0.2) is 28.2 Å². The van der Waals surface area contributed by atoms with Crippen molar-refractivity contribution in [3.63, 3.8) is 0 Å². The molecule has 0 bridgehead atoms. The van der Waals surface area contributed by atoms with Crippen molar-refractivity contribution in [2.75, 3.05) is 6.61 Å². The highest BCUT2D eigenvalue weighted by atomic mass is 16.5. The van der Waals surface area contributed by atoms with Crippen LogP contribution in [0.4, 0.5) is 0 Å². The van der Waals surface area contributed by atoms with E-state index in [-0.39, 0.29) is 12.2 Å². The van der Waals surface area contributed by atoms with Crippen molar-refractivity contribution in [1.82, 2.24) is 5.32 Å². The van der Waals surface area contributed by atoms with Gasteiger partial charge in [-0.3, -0.25) is 0 Å². The second-order valence-electron chi connectivity index (χ2n) is 2.92. The molecule has 1 aliphatic rings. The van der Waals surface area contributed by atoms with Gasteiger partial charge in [0.2, 0.25) is 0 Å². The lowest BCUT2D eigenvalue weighted by molar-refractivity contribution is -0.137. The highest BCUT2D eigenvalue weighted by Gasteiger charge is 2.14. The molecule has 0 saturated carbocycles. The van der Waals surface area contributed by atoms with E-state index in [1.807, 2.05) is 6.92 Å². The van der Waals surface area contributed by atoms with Crippen LogP contribution in [0.25, 0.3) is 0 Å². The van der Waals surface area contributed by atoms with Gasteiger partial charge >= 0.3 is 5.97 Å². The van der Waals surface area contributed by atoms with Gasteiger partial charge in [-0.05, 0) is 19.4 Å². The Labute approximate surface area is 88.0 Å². The summed E-state index contributed by atoms with van der Waals surface area (Å²) < 4.78 is 4.79. The van der Waals surface area contributed by atoms with Crippen LogP contribution in [0.3, 0.4) is 0 Å². The second kappa shape index (κ2) is 5.09. The van der Waals surface area contributed by atoms with E-state index in [9.17, 15) is 4.79 Å². The molecule has 0 aromatic carbocycles. The highest BCUT2D eigenvalue weighted by molar-refractivity contribution is 6.09. The Morgan fingerprint density at radius 2 is 2.47 bits per heavy atom. The molecule has 0 spiro atoms. The fraction of sp³-hybridized carbons (Fsp3) is 0.300. The summed E-state index contributed by atoms with van der Waals surface area (Å²) in [5, 5.41) is 9.96. The average Bonchev–Trinajstić information content (AvgIpc) is 2.22. The molecular formula is C10H13N3O2. The van der Waals surface area contributed by atoms with Crippen molar-refractivity contribution in [2.24, 2.45) is 4.99 Å². The van der Waals surface area contributed by atoms with E-state index in [4.69, 9.17) is 10.1 Å². The zero-order valence-electron chi connectivity index (χ0n) is 8.70. The number of esters is 1. The van der Waals surface area contributed by atoms with Crippen molar-refractivity contribution in [3.8, 4) is 0 Å². The fourth-order valence-corrected chi connectivity index (χ4v) is 1.00. The Morgan fingerprint density at radius 1 is 1.73 bits per heavy atom. The summed E-state index contributed by atoms with van der Waals surface area (Å²) in [5.41, 5.74) is 1.07. The first kappa shape index (κ1) is 11.2. The van der Waals surface area contributed by atoms with Crippen molar-refractivity contribution < 1.29 is 9.53 Å². The first-order valence-electron chi connectivity index (χ1n) is 4.58. The van der Waals surface area contributed by atoms with Crippen LogP contribution in [0, 0.1) is 5.41 Å². The molecule has 0 unspecified atom stereocenters. The molecule has 0 aromatic rings. The number of allylic oxidation sites excluding steroid dienone is 1. The van der Waals surface area contributed by atoms with E-state index in [1.54, 1.807) is 19.3 Å². The number of nitrogens with one attached hydrogen (secondary N) is 2. The molecule has 80 valence electrons. The predicted octanol–water partition coefficient (Wildman–Crippen LogP) is 0.988. The number of ether oxygens (including phenoxy) is 1. The minimum Gasteiger partial charge on any atom is -0.462 e. The third-order valence-corrected chi connectivity index (χ3v) is 1.73. The van der Waals surface area contributed by atoms with Gasteiger partial charge in [0.05, 0.1) is 6.61 Å². The number of aliphatic imine (C=N–C) groups is 1. The molecule has 15 heavy (non-hydrogen) atoms. The Kier molecular flexibility index (Phi) is 3.79. The summed E-state index contributed by atoms with van der Waals surface area (Å²) >= 11 is 0. The number of nitrogens with zero attached hydrogens (tertiary/aromatic N) is 1. The quantitative estimate of drug-likeness (QED) is 0.411. The Bertz CT molecular complexity index is 367. The van der Waals surface area contributed by atoms with Crippen LogP contribution >= 0.6 is 0 Å². The largest absolute Gasteiger partial charge is 0.462 e. The van der Waals surface area contributed by atoms with Crippen LogP contribution in [0.2, 0.25) is 0 Å². The van der Waals surface area contributed by atoms with E-state index in [2.05, 4.69) is 10.3 Å². The zero-order valence-corrected chi connectivity index (χ0v) is 8.70. The smallest absolute Gasteiger partial charge is 0.343 e. The van der Waals surface area contributed by atoms with Gasteiger partial charge in [0, 0.05) is 18.6 Å². The maximum atomic E-state index is 11.4. The molecule has 0 saturated heterocycles. The van der Waals surface area contributed by atoms with Crippen LogP contribution in [0.5, 0.6) is 0 Å². The molecule has 5 heteroatoms. The van der Waals surface area contributed by atoms with Gasteiger partial charge in [0.25, 0.3) is 0 Å². The van der Waals surface area contributed by atoms with Crippen LogP contribution < -0.4 is 5.32 Å². The van der Waals surface area contributed by atoms with E-state index < -0.39 is 5.97 Å². The van der Waals surface area contributed by atoms with Gasteiger partial charge in [-0.15, -0.1) is 0 Å². The van der Waals surface area contributed by atoms with Crippen molar-refractivity contribution >= 4 is 18.4 Å². The normalized spacial score (nSPS) is 17.6. The number of hydrogen-bond donors (Lipinski definition) is 2. The third kappa shape index (κ3) is 2.77. The highest BCUT2D eigenvalue weighted by Crippen LogP contribution is 2.07. The summed E-state index contributed by atoms with van der Waals surface area (Å²) in [6.45, 7) is 3.87. The van der Waals surface area contributed by atoms with Crippen molar-refractivity contribution in [3.05, 3.63) is 23.2 Å². The maximum Gasteiger partial charge on any atom is 0.343 e. The third-order valence-electron chi connectivity index (χ3n) is 1.73. The summed E-state index contributed by atoms with van der Waals surface area (Å²) in [4.78, 5) is 15.4. The fourth-order valence-electron chi connectivity index (χ4n) is 1.00. The minimum atomic E-state index is -0.542. The summed E-state index contributed by atoms with van der Waals surface area (Å²) in [7, 11) is 0. The molecule has 1 heterocycles. The van der Waals surface area contributed by atoms with Gasteiger partial charge in [-0.1, -0.05) is 0 Å². The van der Waals surface area contributed by atoms with Crippen molar-refractivity contribution in [2.45, 2.75) is 13.8 Å². The zero-order chi connectivity index (χ0) is 11.3. The molecule has 1 aliphatic heterocycles. The second-order valence-corrected chi connectivity index (χ2v) is 2.92. The predicted molar refractivity (Wildman–Crippen MR) is 57.8 cm³/mol. The lowest BCUT2D eigenvalue weighted by atomic mass is 10.2. The number of hydrogen-bond acceptors (Lipinski definition) is 5. The molecule has 2 N–H and O–H groups in total. The monoisotopic (exact) mass is 207 g/mol. The molecule has 0 fully saturated rings. The standard InChI is InChI=1S/C10H13N3O2/c1-3-15-10(14)8(4-11)9-12-5-7(2)6-13-9/h4-6,11-12H,3H2,1-2H3/b9-8-,11-4?. The van der Waals surface area contributed by atoms with E-state index in [0.717, 1.165) is 11.8 Å². The van der Waals surface area contributed by atoms with Crippen LogP contribution in [0.1, 0.15) is 13.8 Å². The van der Waals surface area contributed by atoms with Crippen molar-refractivity contribution in [1.29, 1.82) is 5.41 Å². The number of carbonyl (C=O) groups excluding carboxylic acids is 1. The summed E-state index contributed by atoms with van der Waals surface area (Å²) in [6.07, 6.45) is 4.27. The molecule has 5 nitrogen and oxygen atoms in total. The summed E-state index contributed by atoms with van der Waals surface area (Å²) in [6, 6.07) is 0. The number of rotatable bonds is 3. The topological polar surface area (TPSA) is 74.5 Å². The lowest BCUT2D eigenvalue weighted by Gasteiger charge is -2.10. The lowest BCUT2D eigenvalue weighted by Crippen LogP contribution is -2.18. The van der Waals surface area contributed by atoms with Gasteiger partial charge < -0.3 is 15.5 Å². The molecule has 0 aromatic heterocycles. The molecule has 0 aliphatic carbocycles. The van der Waals surface area contributed by atoms with E-state index in [1.165, 1.54) is 0 Å². The Hall–Kier alpha value is -1.91. The maximum absolute atomic E-state index is 11.4. The SMILES string of the molecule is CCOC(=O)/C(C=N)=C1\N=CC(C)=CN1. The van der Waals surface area contributed by atoms with Gasteiger partial charge in [-0.2, -0.15) is 0 Å². The molecule has 0 radical (unpaired) electrons. The van der Waals surface area contributed by atoms with E-state index >= 15 is 0 Å². The summed E-state index contributed by atoms with van der Waals surface area (Å²) in [5.74, 6) is -0.200. The number of carbonyl (C=O) groups is 1. The molecule has 0 atom stereocenters. The van der Waals surface area contributed by atoms with Gasteiger partial charge in [0.1, 0.15) is 11.4 Å². The molecule has 1 rings (SSSR count). The first-order valence-corrected chi connectivity index (χ1v) is 4.58. The minimum absolute atomic E-state index is 0.122. The van der Waals surface area contributed by atoms with Crippen LogP contribution in [-0.4, -0.2) is 25.0 Å². The van der Waals surface area contributed by atoms with E-state index in [0.29, 0.717) is 5.82 Å². The van der Waals surface area contributed by atoms with Crippen LogP contribution in [-0.2, 0) is 9.53 Å². The molecule has 0 amide bonds. The average molecular weight is 207 g/mol. The van der Waals surface area contributed by atoms with Gasteiger partial charge in [-0.25, -0.2) is 9.79 Å². The Balaban J connectivity index is 2.91.